The van der Waals surface area contributed by atoms with E-state index >= 15 is 0 Å². The zero-order chi connectivity index (χ0) is 13.8. The first-order chi connectivity index (χ1) is 9.13. The molecule has 2 rings (SSSR count). The van der Waals surface area contributed by atoms with E-state index in [1.165, 1.54) is 7.11 Å². The Bertz CT molecular complexity index is 611. The molecule has 1 aromatic heterocycles. The molecule has 1 heterocycles. The molecule has 0 fully saturated rings. The Labute approximate surface area is 111 Å². The third kappa shape index (κ3) is 2.65. The number of hydrogen-bond donors (Lipinski definition) is 1. The highest BCUT2D eigenvalue weighted by molar-refractivity contribution is 5.91. The van der Waals surface area contributed by atoms with Crippen LogP contribution in [0.1, 0.15) is 15.9 Å². The van der Waals surface area contributed by atoms with Gasteiger partial charge in [0.25, 0.3) is 0 Å². The largest absolute Gasteiger partial charge is 0.465 e. The smallest absolute Gasteiger partial charge is 0.343 e. The van der Waals surface area contributed by atoms with Gasteiger partial charge in [0.1, 0.15) is 11.3 Å². The maximum absolute atomic E-state index is 11.6. The van der Waals surface area contributed by atoms with Crippen molar-refractivity contribution in [3.63, 3.8) is 0 Å². The molecule has 0 saturated heterocycles. The number of rotatable bonds is 3. The number of nitrogens with zero attached hydrogens (tertiary/aromatic N) is 1. The minimum absolute atomic E-state index is 0.197. The number of ether oxygens (including phenoxy) is 2. The maximum atomic E-state index is 11.6. The molecule has 2 aromatic rings. The number of benzene rings is 1. The summed E-state index contributed by atoms with van der Waals surface area (Å²) in [7, 11) is 1.31. The van der Waals surface area contributed by atoms with Crippen LogP contribution in [-0.2, 0) is 4.74 Å². The third-order valence-electron chi connectivity index (χ3n) is 2.71. The van der Waals surface area contributed by atoms with E-state index in [0.29, 0.717) is 11.4 Å². The highest BCUT2D eigenvalue weighted by Crippen LogP contribution is 2.29. The number of carbonyl (C=O) groups excluding carboxylic acids is 1. The van der Waals surface area contributed by atoms with Crippen molar-refractivity contribution in [2.45, 2.75) is 6.92 Å². The van der Waals surface area contributed by atoms with E-state index in [1.807, 2.05) is 6.92 Å². The van der Waals surface area contributed by atoms with Crippen LogP contribution < -0.4 is 10.5 Å². The normalized spacial score (nSPS) is 10.0. The summed E-state index contributed by atoms with van der Waals surface area (Å²) in [6.07, 6.45) is 1.55. The Balaban J connectivity index is 2.39. The number of carbonyl (C=O) groups is 1. The fraction of sp³-hybridized carbons (Fsp3) is 0.143. The van der Waals surface area contributed by atoms with E-state index in [-0.39, 0.29) is 11.4 Å². The van der Waals surface area contributed by atoms with Crippen LogP contribution in [0.15, 0.2) is 36.5 Å². The maximum Gasteiger partial charge on any atom is 0.343 e. The summed E-state index contributed by atoms with van der Waals surface area (Å²) < 4.78 is 10.3. The fourth-order valence-corrected chi connectivity index (χ4v) is 1.58. The molecule has 0 aliphatic heterocycles. The molecule has 0 unspecified atom stereocenters. The van der Waals surface area contributed by atoms with Gasteiger partial charge in [-0.1, -0.05) is 6.07 Å². The lowest BCUT2D eigenvalue weighted by atomic mass is 10.2. The molecular weight excluding hydrogens is 244 g/mol. The summed E-state index contributed by atoms with van der Waals surface area (Å²) in [5, 5.41) is 0. The Morgan fingerprint density at radius 2 is 2.05 bits per heavy atom. The van der Waals surface area contributed by atoms with Crippen molar-refractivity contribution in [2.75, 3.05) is 12.8 Å². The van der Waals surface area contributed by atoms with Gasteiger partial charge in [-0.3, -0.25) is 0 Å². The molecule has 5 heteroatoms. The Kier molecular flexibility index (Phi) is 3.66. The molecule has 0 radical (unpaired) electrons. The lowest BCUT2D eigenvalue weighted by molar-refractivity contribution is 0.0597. The van der Waals surface area contributed by atoms with Crippen LogP contribution in [0.2, 0.25) is 0 Å². The summed E-state index contributed by atoms with van der Waals surface area (Å²) in [5.74, 6) is 0.261. The highest BCUT2D eigenvalue weighted by atomic mass is 16.5. The van der Waals surface area contributed by atoms with Crippen LogP contribution >= 0.6 is 0 Å². The summed E-state index contributed by atoms with van der Waals surface area (Å²) in [6.45, 7) is 1.84. The number of methoxy groups -OCH3 is 1. The fourth-order valence-electron chi connectivity index (χ4n) is 1.58. The molecular formula is C14H14N2O3. The molecule has 0 amide bonds. The van der Waals surface area contributed by atoms with Gasteiger partial charge < -0.3 is 15.2 Å². The Morgan fingerprint density at radius 1 is 1.26 bits per heavy atom. The lowest BCUT2D eigenvalue weighted by Gasteiger charge is -2.11. The summed E-state index contributed by atoms with van der Waals surface area (Å²) in [5.41, 5.74) is 7.49. The van der Waals surface area contributed by atoms with Gasteiger partial charge in [-0.15, -0.1) is 0 Å². The molecule has 98 valence electrons. The van der Waals surface area contributed by atoms with Gasteiger partial charge in [-0.05, 0) is 31.2 Å². The van der Waals surface area contributed by atoms with E-state index in [2.05, 4.69) is 9.72 Å². The number of nitrogens with two attached hydrogens (primary N) is 1. The first-order valence-electron chi connectivity index (χ1n) is 5.69. The topological polar surface area (TPSA) is 74.4 Å². The van der Waals surface area contributed by atoms with Crippen LogP contribution in [0, 0.1) is 6.92 Å². The Hall–Kier alpha value is -2.56. The lowest BCUT2D eigenvalue weighted by Crippen LogP contribution is -2.05. The van der Waals surface area contributed by atoms with E-state index < -0.39 is 5.97 Å². The van der Waals surface area contributed by atoms with Crippen molar-refractivity contribution < 1.29 is 14.3 Å². The van der Waals surface area contributed by atoms with Gasteiger partial charge in [0.2, 0.25) is 5.88 Å². The van der Waals surface area contributed by atoms with E-state index in [9.17, 15) is 4.79 Å². The summed E-state index contributed by atoms with van der Waals surface area (Å²) >= 11 is 0. The van der Waals surface area contributed by atoms with Gasteiger partial charge in [0, 0.05) is 17.4 Å². The van der Waals surface area contributed by atoms with Gasteiger partial charge in [0.05, 0.1) is 7.11 Å². The SMILES string of the molecule is COC(=O)c1cccnc1Oc1cccc(N)c1C. The van der Waals surface area contributed by atoms with E-state index in [4.69, 9.17) is 10.5 Å². The van der Waals surface area contributed by atoms with E-state index in [0.717, 1.165) is 5.56 Å². The number of anilines is 1. The van der Waals surface area contributed by atoms with Crippen molar-refractivity contribution in [3.8, 4) is 11.6 Å². The van der Waals surface area contributed by atoms with Crippen LogP contribution in [0.3, 0.4) is 0 Å². The van der Waals surface area contributed by atoms with Crippen LogP contribution in [0.5, 0.6) is 11.6 Å². The van der Waals surface area contributed by atoms with Crippen molar-refractivity contribution in [1.82, 2.24) is 4.98 Å². The average Bonchev–Trinajstić information content (AvgIpc) is 2.43. The average molecular weight is 258 g/mol. The van der Waals surface area contributed by atoms with E-state index in [1.54, 1.807) is 36.5 Å². The van der Waals surface area contributed by atoms with Crippen molar-refractivity contribution in [3.05, 3.63) is 47.7 Å². The molecule has 0 aliphatic carbocycles. The number of hydrogen-bond acceptors (Lipinski definition) is 5. The molecule has 0 aliphatic rings. The number of nitrogen functional groups attached to an aromatic ring is 1. The molecule has 19 heavy (non-hydrogen) atoms. The molecule has 0 saturated carbocycles. The number of pyridine rings is 1. The van der Waals surface area contributed by atoms with Gasteiger partial charge in [-0.25, -0.2) is 9.78 Å². The second-order valence-corrected chi connectivity index (χ2v) is 3.92. The van der Waals surface area contributed by atoms with Crippen molar-refractivity contribution >= 4 is 11.7 Å². The van der Waals surface area contributed by atoms with Crippen LogP contribution in [0.4, 0.5) is 5.69 Å². The first kappa shape index (κ1) is 12.9. The molecule has 5 nitrogen and oxygen atoms in total. The third-order valence-corrected chi connectivity index (χ3v) is 2.71. The number of esters is 1. The zero-order valence-electron chi connectivity index (χ0n) is 10.7. The standard InChI is InChI=1S/C14H14N2O3/c1-9-11(15)6-3-7-12(9)19-13-10(14(17)18-2)5-4-8-16-13/h3-8H,15H2,1-2H3. The second kappa shape index (κ2) is 5.39. The molecule has 1 aromatic carbocycles. The highest BCUT2D eigenvalue weighted by Gasteiger charge is 2.15. The van der Waals surface area contributed by atoms with Gasteiger partial charge in [0.15, 0.2) is 0 Å². The first-order valence-corrected chi connectivity index (χ1v) is 5.69. The van der Waals surface area contributed by atoms with Crippen LogP contribution in [-0.4, -0.2) is 18.1 Å². The zero-order valence-corrected chi connectivity index (χ0v) is 10.7. The minimum Gasteiger partial charge on any atom is -0.465 e. The summed E-state index contributed by atoms with van der Waals surface area (Å²) in [6, 6.07) is 8.56. The predicted octanol–water partition coefficient (Wildman–Crippen LogP) is 2.55. The van der Waals surface area contributed by atoms with Gasteiger partial charge >= 0.3 is 5.97 Å². The van der Waals surface area contributed by atoms with Crippen molar-refractivity contribution in [1.29, 1.82) is 0 Å². The molecule has 2 N–H and O–H groups in total. The number of aromatic nitrogens is 1. The monoisotopic (exact) mass is 258 g/mol. The van der Waals surface area contributed by atoms with Crippen LogP contribution in [0.25, 0.3) is 0 Å². The van der Waals surface area contributed by atoms with Crippen molar-refractivity contribution in [2.24, 2.45) is 0 Å². The minimum atomic E-state index is -0.496. The van der Waals surface area contributed by atoms with Gasteiger partial charge in [-0.2, -0.15) is 0 Å². The molecule has 0 bridgehead atoms. The quantitative estimate of drug-likeness (QED) is 0.676. The Morgan fingerprint density at radius 3 is 2.79 bits per heavy atom. The predicted molar refractivity (Wildman–Crippen MR) is 71.2 cm³/mol. The summed E-state index contributed by atoms with van der Waals surface area (Å²) in [4.78, 5) is 15.7. The second-order valence-electron chi connectivity index (χ2n) is 3.92. The molecule has 0 spiro atoms. The molecule has 0 atom stereocenters.